The second-order valence-electron chi connectivity index (χ2n) is 7.22. The molecule has 1 aliphatic heterocycles. The summed E-state index contributed by atoms with van der Waals surface area (Å²) >= 11 is 0. The monoisotopic (exact) mass is 357 g/mol. The number of ether oxygens (including phenoxy) is 1. The Kier molecular flexibility index (Phi) is 5.91. The maximum Gasteiger partial charge on any atom is 0.227 e. The summed E-state index contributed by atoms with van der Waals surface area (Å²) in [4.78, 5) is 19.0. The Balaban J connectivity index is 1.50. The van der Waals surface area contributed by atoms with Crippen molar-refractivity contribution in [3.63, 3.8) is 0 Å². The smallest absolute Gasteiger partial charge is 0.227 e. The zero-order valence-corrected chi connectivity index (χ0v) is 15.8. The number of benzene rings is 1. The van der Waals surface area contributed by atoms with E-state index in [4.69, 9.17) is 9.26 Å². The highest BCUT2D eigenvalue weighted by Gasteiger charge is 2.25. The molecule has 6 heteroatoms. The van der Waals surface area contributed by atoms with Crippen LogP contribution in [0.2, 0.25) is 0 Å². The van der Waals surface area contributed by atoms with Gasteiger partial charge in [0.05, 0.1) is 13.5 Å². The van der Waals surface area contributed by atoms with Crippen LogP contribution in [0.1, 0.15) is 49.9 Å². The number of rotatable bonds is 6. The summed E-state index contributed by atoms with van der Waals surface area (Å²) in [5, 5.41) is 4.03. The summed E-state index contributed by atoms with van der Waals surface area (Å²) in [7, 11) is 1.64. The SMILES string of the molecule is COc1ccccc1CC(=O)N1CCC(Cc2nc(C(C)C)no2)CC1. The second-order valence-corrected chi connectivity index (χ2v) is 7.22. The molecule has 0 N–H and O–H groups in total. The van der Waals surface area contributed by atoms with Gasteiger partial charge in [0.25, 0.3) is 0 Å². The highest BCUT2D eigenvalue weighted by Crippen LogP contribution is 2.24. The molecule has 2 aromatic rings. The van der Waals surface area contributed by atoms with Gasteiger partial charge in [-0.1, -0.05) is 37.2 Å². The van der Waals surface area contributed by atoms with Crippen molar-refractivity contribution >= 4 is 5.91 Å². The molecule has 26 heavy (non-hydrogen) atoms. The van der Waals surface area contributed by atoms with Crippen LogP contribution in [0.15, 0.2) is 28.8 Å². The largest absolute Gasteiger partial charge is 0.496 e. The van der Waals surface area contributed by atoms with Crippen LogP contribution in [0.3, 0.4) is 0 Å². The second kappa shape index (κ2) is 8.34. The molecule has 1 aromatic carbocycles. The number of para-hydroxylation sites is 1. The Hall–Kier alpha value is -2.37. The zero-order chi connectivity index (χ0) is 18.5. The number of amides is 1. The average molecular weight is 357 g/mol. The van der Waals surface area contributed by atoms with Gasteiger partial charge < -0.3 is 14.2 Å². The number of carbonyl (C=O) groups is 1. The van der Waals surface area contributed by atoms with Gasteiger partial charge >= 0.3 is 0 Å². The van der Waals surface area contributed by atoms with Crippen molar-refractivity contribution in [3.8, 4) is 5.75 Å². The molecule has 3 rings (SSSR count). The molecule has 0 unspecified atom stereocenters. The lowest BCUT2D eigenvalue weighted by molar-refractivity contribution is -0.131. The van der Waals surface area contributed by atoms with Gasteiger partial charge in [-0.05, 0) is 24.8 Å². The predicted molar refractivity (Wildman–Crippen MR) is 98.1 cm³/mol. The van der Waals surface area contributed by atoms with Crippen LogP contribution in [0, 0.1) is 5.92 Å². The molecule has 0 atom stereocenters. The summed E-state index contributed by atoms with van der Waals surface area (Å²) in [6, 6.07) is 7.70. The Bertz CT molecular complexity index is 733. The summed E-state index contributed by atoms with van der Waals surface area (Å²) in [5.74, 6) is 3.19. The number of likely N-dealkylation sites (tertiary alicyclic amines) is 1. The first-order valence-corrected chi connectivity index (χ1v) is 9.29. The van der Waals surface area contributed by atoms with E-state index in [2.05, 4.69) is 24.0 Å². The molecule has 2 heterocycles. The van der Waals surface area contributed by atoms with Crippen LogP contribution in [0.5, 0.6) is 5.75 Å². The summed E-state index contributed by atoms with van der Waals surface area (Å²) in [6.07, 6.45) is 3.12. The minimum Gasteiger partial charge on any atom is -0.496 e. The highest BCUT2D eigenvalue weighted by molar-refractivity contribution is 5.79. The minimum atomic E-state index is 0.160. The lowest BCUT2D eigenvalue weighted by atomic mass is 9.93. The molecule has 0 saturated carbocycles. The number of aromatic nitrogens is 2. The van der Waals surface area contributed by atoms with Crippen LogP contribution in [-0.4, -0.2) is 41.1 Å². The van der Waals surface area contributed by atoms with Gasteiger partial charge in [0.2, 0.25) is 11.8 Å². The lowest BCUT2D eigenvalue weighted by Crippen LogP contribution is -2.39. The van der Waals surface area contributed by atoms with Crippen molar-refractivity contribution < 1.29 is 14.1 Å². The molecular weight excluding hydrogens is 330 g/mol. The van der Waals surface area contributed by atoms with E-state index in [1.807, 2.05) is 29.2 Å². The average Bonchev–Trinajstić information content (AvgIpc) is 3.11. The van der Waals surface area contributed by atoms with Gasteiger partial charge in [0, 0.05) is 31.0 Å². The molecule has 0 spiro atoms. The van der Waals surface area contributed by atoms with Crippen LogP contribution < -0.4 is 4.74 Å². The van der Waals surface area contributed by atoms with Crippen molar-refractivity contribution in [2.24, 2.45) is 5.92 Å². The third-order valence-electron chi connectivity index (χ3n) is 4.96. The van der Waals surface area contributed by atoms with Crippen LogP contribution in [-0.2, 0) is 17.6 Å². The van der Waals surface area contributed by atoms with Gasteiger partial charge in [-0.2, -0.15) is 4.98 Å². The number of carbonyl (C=O) groups excluding carboxylic acids is 1. The van der Waals surface area contributed by atoms with Crippen molar-refractivity contribution in [1.29, 1.82) is 0 Å². The third-order valence-corrected chi connectivity index (χ3v) is 4.96. The lowest BCUT2D eigenvalue weighted by Gasteiger charge is -2.31. The molecule has 0 aliphatic carbocycles. The van der Waals surface area contributed by atoms with E-state index in [1.54, 1.807) is 7.11 Å². The van der Waals surface area contributed by atoms with Gasteiger partial charge in [-0.15, -0.1) is 0 Å². The molecular formula is C20H27N3O3. The van der Waals surface area contributed by atoms with Crippen molar-refractivity contribution in [3.05, 3.63) is 41.5 Å². The Morgan fingerprint density at radius 1 is 1.31 bits per heavy atom. The van der Waals surface area contributed by atoms with E-state index in [1.165, 1.54) is 0 Å². The van der Waals surface area contributed by atoms with Crippen LogP contribution in [0.4, 0.5) is 0 Å². The van der Waals surface area contributed by atoms with Crippen molar-refractivity contribution in [2.45, 2.75) is 45.4 Å². The third kappa shape index (κ3) is 4.42. The van der Waals surface area contributed by atoms with Gasteiger partial charge in [-0.3, -0.25) is 4.79 Å². The van der Waals surface area contributed by atoms with Crippen LogP contribution >= 0.6 is 0 Å². The molecule has 0 radical (unpaired) electrons. The minimum absolute atomic E-state index is 0.160. The summed E-state index contributed by atoms with van der Waals surface area (Å²) in [6.45, 7) is 5.68. The topological polar surface area (TPSA) is 68.5 Å². The maximum absolute atomic E-state index is 12.6. The first-order valence-electron chi connectivity index (χ1n) is 9.29. The quantitative estimate of drug-likeness (QED) is 0.794. The fourth-order valence-corrected chi connectivity index (χ4v) is 3.34. The predicted octanol–water partition coefficient (Wildman–Crippen LogP) is 3.23. The summed E-state index contributed by atoms with van der Waals surface area (Å²) in [5.41, 5.74) is 0.939. The number of hydrogen-bond acceptors (Lipinski definition) is 5. The van der Waals surface area contributed by atoms with E-state index in [-0.39, 0.29) is 11.8 Å². The van der Waals surface area contributed by atoms with Crippen molar-refractivity contribution in [2.75, 3.05) is 20.2 Å². The normalized spacial score (nSPS) is 15.5. The molecule has 1 aliphatic rings. The van der Waals surface area contributed by atoms with Gasteiger partial charge in [0.1, 0.15) is 5.75 Å². The fraction of sp³-hybridized carbons (Fsp3) is 0.550. The maximum atomic E-state index is 12.6. The highest BCUT2D eigenvalue weighted by atomic mass is 16.5. The van der Waals surface area contributed by atoms with E-state index in [9.17, 15) is 4.79 Å². The molecule has 1 saturated heterocycles. The molecule has 140 valence electrons. The molecule has 6 nitrogen and oxygen atoms in total. The summed E-state index contributed by atoms with van der Waals surface area (Å²) < 4.78 is 10.7. The number of hydrogen-bond donors (Lipinski definition) is 0. The number of nitrogens with zero attached hydrogens (tertiary/aromatic N) is 3. The molecule has 1 amide bonds. The molecule has 1 aromatic heterocycles. The standard InChI is InChI=1S/C20H27N3O3/c1-14(2)20-21-18(26-22-20)12-15-8-10-23(11-9-15)19(24)13-16-6-4-5-7-17(16)25-3/h4-7,14-15H,8-13H2,1-3H3. The number of methoxy groups -OCH3 is 1. The molecule has 0 bridgehead atoms. The molecule has 1 fully saturated rings. The Labute approximate surface area is 154 Å². The van der Waals surface area contributed by atoms with E-state index < -0.39 is 0 Å². The first kappa shape index (κ1) is 18.4. The van der Waals surface area contributed by atoms with Crippen molar-refractivity contribution in [1.82, 2.24) is 15.0 Å². The zero-order valence-electron chi connectivity index (χ0n) is 15.8. The van der Waals surface area contributed by atoms with E-state index >= 15 is 0 Å². The van der Waals surface area contributed by atoms with Gasteiger partial charge in [-0.25, -0.2) is 0 Å². The Morgan fingerprint density at radius 2 is 2.04 bits per heavy atom. The van der Waals surface area contributed by atoms with Gasteiger partial charge in [0.15, 0.2) is 5.82 Å². The van der Waals surface area contributed by atoms with E-state index in [0.29, 0.717) is 18.2 Å². The Morgan fingerprint density at radius 3 is 2.69 bits per heavy atom. The fourth-order valence-electron chi connectivity index (χ4n) is 3.34. The van der Waals surface area contributed by atoms with Crippen LogP contribution in [0.25, 0.3) is 0 Å². The number of piperidine rings is 1. The first-order chi connectivity index (χ1) is 12.6. The van der Waals surface area contributed by atoms with E-state index in [0.717, 1.165) is 49.5 Å².